The fourth-order valence-electron chi connectivity index (χ4n) is 5.34. The minimum absolute atomic E-state index is 0.542. The Morgan fingerprint density at radius 3 is 2.71 bits per heavy atom. The quantitative estimate of drug-likeness (QED) is 0.266. The van der Waals surface area contributed by atoms with Gasteiger partial charge in [0.25, 0.3) is 0 Å². The number of nitrogens with one attached hydrogen (secondary N) is 1. The topological polar surface area (TPSA) is 55.6 Å². The van der Waals surface area contributed by atoms with E-state index in [0.29, 0.717) is 6.04 Å². The molecule has 1 aliphatic rings. The number of aromatic nitrogens is 4. The Kier molecular flexibility index (Phi) is 6.09. The van der Waals surface area contributed by atoms with Gasteiger partial charge in [-0.2, -0.15) is 0 Å². The second kappa shape index (κ2) is 9.67. The molecule has 5 aromatic rings. The number of fused-ring (bicyclic) bond motifs is 2. The molecule has 0 bridgehead atoms. The molecule has 6 rings (SSSR count). The number of halogens is 1. The lowest BCUT2D eigenvalue weighted by molar-refractivity contribution is 0.461. The lowest BCUT2D eigenvalue weighted by atomic mass is 9.97. The van der Waals surface area contributed by atoms with E-state index in [2.05, 4.69) is 56.4 Å². The maximum atomic E-state index is 5.99. The van der Waals surface area contributed by atoms with Crippen molar-refractivity contribution >= 4 is 39.4 Å². The predicted octanol–water partition coefficient (Wildman–Crippen LogP) is 7.22. The Hall–Kier alpha value is -3.44. The smallest absolute Gasteiger partial charge is 0.143 e. The highest BCUT2D eigenvalue weighted by molar-refractivity contribution is 6.30. The summed E-state index contributed by atoms with van der Waals surface area (Å²) in [7, 11) is 0. The third-order valence-electron chi connectivity index (χ3n) is 7.27. The Balaban J connectivity index is 1.08. The third-order valence-corrected chi connectivity index (χ3v) is 7.52. The van der Waals surface area contributed by atoms with Gasteiger partial charge in [0, 0.05) is 40.8 Å². The maximum absolute atomic E-state index is 5.99. The average Bonchev–Trinajstić information content (AvgIpc) is 3.54. The van der Waals surface area contributed by atoms with Crippen LogP contribution in [0.4, 0.5) is 5.82 Å². The second-order valence-corrected chi connectivity index (χ2v) is 10.0. The van der Waals surface area contributed by atoms with E-state index in [1.54, 1.807) is 6.33 Å². The molecule has 2 aromatic carbocycles. The van der Waals surface area contributed by atoms with E-state index in [0.717, 1.165) is 46.3 Å². The van der Waals surface area contributed by atoms with E-state index in [9.17, 15) is 0 Å². The van der Waals surface area contributed by atoms with Crippen molar-refractivity contribution in [2.45, 2.75) is 44.7 Å². The summed E-state index contributed by atoms with van der Waals surface area (Å²) in [5, 5.41) is 6.49. The lowest BCUT2D eigenvalue weighted by Crippen LogP contribution is -2.05. The number of anilines is 1. The van der Waals surface area contributed by atoms with Crippen LogP contribution in [0, 0.1) is 5.92 Å². The molecule has 0 amide bonds. The standard InChI is InChI=1S/C29H28ClN5/c30-25-9-4-22(5-10-25)17-32-28-12-8-23-7-3-21(16-27(23)34-28)2-1-20-6-11-26(15-20)35-14-13-24-18-31-19-33-29(24)35/h3-5,7-10,12-14,16,18-20,26H,1-2,6,11,15,17H2,(H,32,34). The first-order valence-electron chi connectivity index (χ1n) is 12.4. The SMILES string of the molecule is Clc1ccc(CNc2ccc3ccc(CCC4CCC(n5ccc6cncnc65)C4)cc3n2)cc1. The first kappa shape index (κ1) is 22.1. The fourth-order valence-corrected chi connectivity index (χ4v) is 5.46. The highest BCUT2D eigenvalue weighted by atomic mass is 35.5. The minimum Gasteiger partial charge on any atom is -0.366 e. The van der Waals surface area contributed by atoms with Gasteiger partial charge in [-0.05, 0) is 85.5 Å². The molecule has 3 aromatic heterocycles. The number of hydrogen-bond donors (Lipinski definition) is 1. The molecule has 1 N–H and O–H groups in total. The summed E-state index contributed by atoms with van der Waals surface area (Å²) in [6.07, 6.45) is 11.8. The highest BCUT2D eigenvalue weighted by Gasteiger charge is 2.26. The van der Waals surface area contributed by atoms with Crippen molar-refractivity contribution in [1.82, 2.24) is 19.5 Å². The van der Waals surface area contributed by atoms with Crippen LogP contribution in [0.25, 0.3) is 21.9 Å². The van der Waals surface area contributed by atoms with Gasteiger partial charge in [-0.3, -0.25) is 0 Å². The Labute approximate surface area is 210 Å². The van der Waals surface area contributed by atoms with Crippen LogP contribution in [0.3, 0.4) is 0 Å². The van der Waals surface area contributed by atoms with Crippen molar-refractivity contribution in [2.75, 3.05) is 5.32 Å². The summed E-state index contributed by atoms with van der Waals surface area (Å²) in [6.45, 7) is 0.723. The molecule has 3 heterocycles. The molecule has 1 saturated carbocycles. The number of nitrogens with zero attached hydrogens (tertiary/aromatic N) is 4. The molecule has 0 aliphatic heterocycles. The molecule has 0 saturated heterocycles. The summed E-state index contributed by atoms with van der Waals surface area (Å²) < 4.78 is 2.36. The number of rotatable bonds is 7. The number of hydrogen-bond acceptors (Lipinski definition) is 4. The van der Waals surface area contributed by atoms with Crippen molar-refractivity contribution < 1.29 is 0 Å². The minimum atomic E-state index is 0.542. The molecule has 6 heteroatoms. The lowest BCUT2D eigenvalue weighted by Gasteiger charge is -2.14. The largest absolute Gasteiger partial charge is 0.366 e. The molecule has 0 radical (unpaired) electrons. The molecule has 2 atom stereocenters. The fraction of sp³-hybridized carbons (Fsp3) is 0.276. The second-order valence-electron chi connectivity index (χ2n) is 9.60. The van der Waals surface area contributed by atoms with Crippen molar-refractivity contribution in [3.05, 3.63) is 95.5 Å². The van der Waals surface area contributed by atoms with E-state index in [-0.39, 0.29) is 0 Å². The van der Waals surface area contributed by atoms with Gasteiger partial charge in [-0.15, -0.1) is 0 Å². The monoisotopic (exact) mass is 481 g/mol. The first-order chi connectivity index (χ1) is 17.2. The normalized spacial score (nSPS) is 17.9. The summed E-state index contributed by atoms with van der Waals surface area (Å²) in [5.74, 6) is 1.64. The van der Waals surface area contributed by atoms with Crippen molar-refractivity contribution in [3.63, 3.8) is 0 Å². The Bertz CT molecular complexity index is 1460. The molecule has 176 valence electrons. The van der Waals surface area contributed by atoms with Crippen LogP contribution in [-0.4, -0.2) is 19.5 Å². The molecule has 1 aliphatic carbocycles. The van der Waals surface area contributed by atoms with Gasteiger partial charge in [-0.25, -0.2) is 15.0 Å². The number of aryl methyl sites for hydroxylation is 1. The third kappa shape index (κ3) is 4.87. The maximum Gasteiger partial charge on any atom is 0.143 e. The molecule has 0 spiro atoms. The number of pyridine rings is 1. The van der Waals surface area contributed by atoms with Gasteiger partial charge in [0.2, 0.25) is 0 Å². The van der Waals surface area contributed by atoms with E-state index in [4.69, 9.17) is 16.6 Å². The summed E-state index contributed by atoms with van der Waals surface area (Å²) >= 11 is 5.99. The summed E-state index contributed by atoms with van der Waals surface area (Å²) in [5.41, 5.74) is 4.65. The van der Waals surface area contributed by atoms with Crippen LogP contribution in [-0.2, 0) is 13.0 Å². The molecule has 35 heavy (non-hydrogen) atoms. The Morgan fingerprint density at radius 2 is 1.80 bits per heavy atom. The van der Waals surface area contributed by atoms with Gasteiger partial charge in [-0.1, -0.05) is 35.9 Å². The zero-order chi connectivity index (χ0) is 23.6. The van der Waals surface area contributed by atoms with Crippen LogP contribution in [0.5, 0.6) is 0 Å². The molecule has 1 fully saturated rings. The van der Waals surface area contributed by atoms with E-state index < -0.39 is 0 Å². The van der Waals surface area contributed by atoms with Crippen LogP contribution in [0.1, 0.15) is 42.9 Å². The van der Waals surface area contributed by atoms with Crippen LogP contribution in [0.15, 0.2) is 79.4 Å². The van der Waals surface area contributed by atoms with E-state index in [1.807, 2.05) is 36.5 Å². The molecular weight excluding hydrogens is 454 g/mol. The van der Waals surface area contributed by atoms with Crippen LogP contribution in [0.2, 0.25) is 5.02 Å². The van der Waals surface area contributed by atoms with Crippen molar-refractivity contribution in [2.24, 2.45) is 5.92 Å². The van der Waals surface area contributed by atoms with Gasteiger partial charge in [0.05, 0.1) is 5.52 Å². The van der Waals surface area contributed by atoms with Crippen molar-refractivity contribution in [3.8, 4) is 0 Å². The number of benzene rings is 2. The molecule has 2 unspecified atom stereocenters. The zero-order valence-electron chi connectivity index (χ0n) is 19.6. The first-order valence-corrected chi connectivity index (χ1v) is 12.7. The van der Waals surface area contributed by atoms with E-state index >= 15 is 0 Å². The van der Waals surface area contributed by atoms with Crippen molar-refractivity contribution in [1.29, 1.82) is 0 Å². The molecular formula is C29H28ClN5. The van der Waals surface area contributed by atoms with E-state index in [1.165, 1.54) is 42.2 Å². The van der Waals surface area contributed by atoms with Crippen LogP contribution < -0.4 is 5.32 Å². The van der Waals surface area contributed by atoms with Crippen LogP contribution >= 0.6 is 11.6 Å². The van der Waals surface area contributed by atoms with Gasteiger partial charge >= 0.3 is 0 Å². The zero-order valence-corrected chi connectivity index (χ0v) is 20.3. The van der Waals surface area contributed by atoms with Gasteiger partial charge in [0.15, 0.2) is 0 Å². The van der Waals surface area contributed by atoms with Gasteiger partial charge < -0.3 is 9.88 Å². The summed E-state index contributed by atoms with van der Waals surface area (Å²) in [6, 6.07) is 21.5. The summed E-state index contributed by atoms with van der Waals surface area (Å²) in [4.78, 5) is 13.5. The van der Waals surface area contributed by atoms with Gasteiger partial charge in [0.1, 0.15) is 17.8 Å². The predicted molar refractivity (Wildman–Crippen MR) is 143 cm³/mol. The molecule has 5 nitrogen and oxygen atoms in total. The Morgan fingerprint density at radius 1 is 0.943 bits per heavy atom. The highest BCUT2D eigenvalue weighted by Crippen LogP contribution is 2.38. The average molecular weight is 482 g/mol.